The highest BCUT2D eigenvalue weighted by atomic mass is 16.6. The van der Waals surface area contributed by atoms with Crippen molar-refractivity contribution in [2.75, 3.05) is 0 Å². The Kier molecular flexibility index (Phi) is 14.7. The van der Waals surface area contributed by atoms with Crippen LogP contribution < -0.4 is 0 Å². The number of ether oxygens (including phenoxy) is 1. The van der Waals surface area contributed by atoms with E-state index >= 15 is 0 Å². The molecule has 0 aliphatic carbocycles. The summed E-state index contributed by atoms with van der Waals surface area (Å²) in [6.45, 7) is 4.02. The van der Waals surface area contributed by atoms with Gasteiger partial charge in [0.05, 0.1) is 27.6 Å². The highest BCUT2D eigenvalue weighted by Gasteiger charge is 2.21. The average molecular weight is 465 g/mol. The van der Waals surface area contributed by atoms with E-state index in [2.05, 4.69) is 6.92 Å². The van der Waals surface area contributed by atoms with Gasteiger partial charge in [0, 0.05) is 12.1 Å². The summed E-state index contributed by atoms with van der Waals surface area (Å²) in [4.78, 5) is 32.7. The molecule has 0 N–H and O–H groups in total. The van der Waals surface area contributed by atoms with Crippen molar-refractivity contribution in [3.63, 3.8) is 0 Å². The third kappa shape index (κ3) is 12.9. The second kappa shape index (κ2) is 17.0. The number of carbonyl (C=O) groups excluding carboxylic acids is 1. The summed E-state index contributed by atoms with van der Waals surface area (Å²) < 4.78 is 5.34. The van der Waals surface area contributed by atoms with Crippen molar-refractivity contribution in [1.82, 2.24) is 0 Å². The average Bonchev–Trinajstić information content (AvgIpc) is 2.78. The van der Waals surface area contributed by atoms with Crippen LogP contribution in [0.2, 0.25) is 0 Å². The van der Waals surface area contributed by atoms with E-state index in [0.29, 0.717) is 6.42 Å². The van der Waals surface area contributed by atoms with Gasteiger partial charge in [0.15, 0.2) is 0 Å². The monoisotopic (exact) mass is 464 g/mol. The molecule has 0 radical (unpaired) electrons. The second-order valence-corrected chi connectivity index (χ2v) is 8.85. The number of unbranched alkanes of at least 4 members (excludes halogenated alkanes) is 13. The number of hydrogen-bond acceptors (Lipinski definition) is 6. The van der Waals surface area contributed by atoms with Crippen molar-refractivity contribution in [3.8, 4) is 0 Å². The van der Waals surface area contributed by atoms with Crippen molar-refractivity contribution in [1.29, 1.82) is 0 Å². The van der Waals surface area contributed by atoms with E-state index < -0.39 is 27.2 Å². The number of carbonyl (C=O) groups is 1. The third-order valence-corrected chi connectivity index (χ3v) is 5.83. The van der Waals surface area contributed by atoms with E-state index in [1.807, 2.05) is 0 Å². The maximum atomic E-state index is 12.3. The predicted octanol–water partition coefficient (Wildman–Crippen LogP) is 7.92. The van der Waals surface area contributed by atoms with Crippen LogP contribution in [0.15, 0.2) is 18.2 Å². The summed E-state index contributed by atoms with van der Waals surface area (Å²) in [5, 5.41) is 21.9. The van der Waals surface area contributed by atoms with Gasteiger partial charge in [-0.2, -0.15) is 0 Å². The largest absolute Gasteiger partial charge is 0.459 e. The van der Waals surface area contributed by atoms with Crippen LogP contribution in [-0.2, 0) is 4.74 Å². The Balaban J connectivity index is 2.15. The molecule has 0 unspecified atom stereocenters. The van der Waals surface area contributed by atoms with Crippen LogP contribution in [0.5, 0.6) is 0 Å². The normalized spacial score (nSPS) is 11.8. The minimum absolute atomic E-state index is 0.177. The maximum absolute atomic E-state index is 12.3. The van der Waals surface area contributed by atoms with Crippen molar-refractivity contribution in [3.05, 3.63) is 44.0 Å². The highest BCUT2D eigenvalue weighted by Crippen LogP contribution is 2.24. The van der Waals surface area contributed by atoms with Gasteiger partial charge in [-0.25, -0.2) is 4.79 Å². The SMILES string of the molecule is CCCCCCCCCCCCCCCC[C@@H](C)OC(=O)c1cc([N+](=O)[O-])cc([N+](=O)[O-])c1. The Morgan fingerprint density at radius 1 is 0.758 bits per heavy atom. The van der Waals surface area contributed by atoms with Gasteiger partial charge in [-0.15, -0.1) is 0 Å². The molecule has 0 saturated heterocycles. The van der Waals surface area contributed by atoms with Crippen molar-refractivity contribution in [2.24, 2.45) is 0 Å². The molecule has 1 atom stereocenters. The van der Waals surface area contributed by atoms with E-state index in [9.17, 15) is 25.0 Å². The molecule has 1 rings (SSSR count). The molecule has 0 spiro atoms. The molecule has 8 heteroatoms. The van der Waals surface area contributed by atoms with E-state index in [1.165, 1.54) is 70.6 Å². The zero-order valence-corrected chi connectivity index (χ0v) is 20.3. The lowest BCUT2D eigenvalue weighted by molar-refractivity contribution is -0.394. The summed E-state index contributed by atoms with van der Waals surface area (Å²) in [6, 6.07) is 2.85. The molecular weight excluding hydrogens is 424 g/mol. The Hall–Kier alpha value is -2.51. The Bertz CT molecular complexity index is 705. The molecule has 0 aliphatic heterocycles. The molecule has 0 aliphatic rings. The van der Waals surface area contributed by atoms with Crippen molar-refractivity contribution < 1.29 is 19.4 Å². The first-order chi connectivity index (χ1) is 15.8. The first kappa shape index (κ1) is 28.5. The molecule has 0 aromatic heterocycles. The quantitative estimate of drug-likeness (QED) is 0.0889. The predicted molar refractivity (Wildman–Crippen MR) is 130 cm³/mol. The Morgan fingerprint density at radius 3 is 1.55 bits per heavy atom. The molecule has 1 aromatic rings. The van der Waals surface area contributed by atoms with Crippen molar-refractivity contribution >= 4 is 17.3 Å². The summed E-state index contributed by atoms with van der Waals surface area (Å²) in [6.07, 6.45) is 18.2. The second-order valence-electron chi connectivity index (χ2n) is 8.85. The number of hydrogen-bond donors (Lipinski definition) is 0. The van der Waals surface area contributed by atoms with Gasteiger partial charge >= 0.3 is 5.97 Å². The minimum Gasteiger partial charge on any atom is -0.459 e. The van der Waals surface area contributed by atoms with E-state index in [0.717, 1.165) is 37.5 Å². The molecule has 186 valence electrons. The van der Waals surface area contributed by atoms with Gasteiger partial charge in [-0.3, -0.25) is 20.2 Å². The lowest BCUT2D eigenvalue weighted by Gasteiger charge is -2.13. The number of rotatable bonds is 19. The number of nitro groups is 2. The Morgan fingerprint density at radius 2 is 1.15 bits per heavy atom. The van der Waals surface area contributed by atoms with Gasteiger partial charge < -0.3 is 4.74 Å². The maximum Gasteiger partial charge on any atom is 0.338 e. The van der Waals surface area contributed by atoms with E-state index in [1.54, 1.807) is 6.92 Å². The summed E-state index contributed by atoms with van der Waals surface area (Å²) in [7, 11) is 0. The van der Waals surface area contributed by atoms with Gasteiger partial charge in [0.25, 0.3) is 11.4 Å². The molecule has 8 nitrogen and oxygen atoms in total. The van der Waals surface area contributed by atoms with Crippen LogP contribution >= 0.6 is 0 Å². The number of esters is 1. The summed E-state index contributed by atoms with van der Waals surface area (Å²) >= 11 is 0. The third-order valence-electron chi connectivity index (χ3n) is 5.83. The fourth-order valence-electron chi connectivity index (χ4n) is 3.86. The summed E-state index contributed by atoms with van der Waals surface area (Å²) in [5.74, 6) is -0.778. The Labute approximate surface area is 197 Å². The fraction of sp³-hybridized carbons (Fsp3) is 0.720. The number of benzene rings is 1. The zero-order chi connectivity index (χ0) is 24.5. The van der Waals surface area contributed by atoms with Crippen molar-refractivity contribution in [2.45, 2.75) is 116 Å². The number of non-ortho nitro benzene ring substituents is 2. The van der Waals surface area contributed by atoms with Crippen LogP contribution in [0.3, 0.4) is 0 Å². The zero-order valence-electron chi connectivity index (χ0n) is 20.3. The van der Waals surface area contributed by atoms with Gasteiger partial charge in [0.1, 0.15) is 0 Å². The molecule has 0 amide bonds. The fourth-order valence-corrected chi connectivity index (χ4v) is 3.86. The highest BCUT2D eigenvalue weighted by molar-refractivity contribution is 5.91. The van der Waals surface area contributed by atoms with Crippen LogP contribution in [0.1, 0.15) is 121 Å². The van der Waals surface area contributed by atoms with Crippen LogP contribution in [0.25, 0.3) is 0 Å². The number of nitrogens with zero attached hydrogens (tertiary/aromatic N) is 2. The minimum atomic E-state index is -0.778. The van der Waals surface area contributed by atoms with Crippen LogP contribution in [0, 0.1) is 20.2 Å². The van der Waals surface area contributed by atoms with Crippen LogP contribution in [-0.4, -0.2) is 21.9 Å². The molecule has 0 fully saturated rings. The van der Waals surface area contributed by atoms with E-state index in [-0.39, 0.29) is 11.7 Å². The summed E-state index contributed by atoms with van der Waals surface area (Å²) in [5.41, 5.74) is -1.18. The van der Waals surface area contributed by atoms with E-state index in [4.69, 9.17) is 4.74 Å². The lowest BCUT2D eigenvalue weighted by Crippen LogP contribution is -2.15. The molecule has 33 heavy (non-hydrogen) atoms. The topological polar surface area (TPSA) is 113 Å². The lowest BCUT2D eigenvalue weighted by atomic mass is 10.0. The first-order valence-electron chi connectivity index (χ1n) is 12.5. The smallest absolute Gasteiger partial charge is 0.338 e. The van der Waals surface area contributed by atoms with Gasteiger partial charge in [-0.05, 0) is 19.8 Å². The molecular formula is C25H40N2O6. The standard InChI is InChI=1S/C25H40N2O6/c1-3-4-5-6-7-8-9-10-11-12-13-14-15-16-17-21(2)33-25(28)22-18-23(26(29)30)20-24(19-22)27(31)32/h18-21H,3-17H2,1-2H3/t21-/m1/s1. The van der Waals surface area contributed by atoms with Gasteiger partial charge in [-0.1, -0.05) is 90.4 Å². The first-order valence-corrected chi connectivity index (χ1v) is 12.5. The van der Waals surface area contributed by atoms with Gasteiger partial charge in [0.2, 0.25) is 0 Å². The molecule has 0 heterocycles. The molecule has 0 bridgehead atoms. The molecule has 1 aromatic carbocycles. The molecule has 0 saturated carbocycles. The van der Waals surface area contributed by atoms with Crippen LogP contribution in [0.4, 0.5) is 11.4 Å². The number of nitro benzene ring substituents is 2.